The molecule has 82 valence electrons. The lowest BCUT2D eigenvalue weighted by molar-refractivity contribution is 0.321. The van der Waals surface area contributed by atoms with Crippen molar-refractivity contribution in [3.05, 3.63) is 21.8 Å². The molecule has 15 heavy (non-hydrogen) atoms. The summed E-state index contributed by atoms with van der Waals surface area (Å²) in [7, 11) is 2.08. The Labute approximate surface area is 104 Å². The SMILES string of the molecule is CN(CC1CCC1)c1ncc(Cl)cc1Br. The molecule has 1 aromatic heterocycles. The van der Waals surface area contributed by atoms with E-state index in [4.69, 9.17) is 11.6 Å². The minimum absolute atomic E-state index is 0.669. The molecule has 0 unspecified atom stereocenters. The molecule has 0 aliphatic heterocycles. The molecule has 2 nitrogen and oxygen atoms in total. The molecular weight excluding hydrogens is 275 g/mol. The Morgan fingerprint density at radius 3 is 2.87 bits per heavy atom. The van der Waals surface area contributed by atoms with Gasteiger partial charge >= 0.3 is 0 Å². The van der Waals surface area contributed by atoms with Crippen molar-refractivity contribution in [1.29, 1.82) is 0 Å². The van der Waals surface area contributed by atoms with Crippen molar-refractivity contribution < 1.29 is 0 Å². The molecular formula is C11H14BrClN2. The fourth-order valence-corrected chi connectivity index (χ4v) is 2.78. The van der Waals surface area contributed by atoms with Crippen LogP contribution in [0.3, 0.4) is 0 Å². The Hall–Kier alpha value is -0.280. The van der Waals surface area contributed by atoms with Crippen LogP contribution in [0.15, 0.2) is 16.7 Å². The zero-order chi connectivity index (χ0) is 10.8. The average Bonchev–Trinajstić information content (AvgIpc) is 2.11. The third-order valence-corrected chi connectivity index (χ3v) is 3.70. The summed E-state index contributed by atoms with van der Waals surface area (Å²) in [5.41, 5.74) is 0. The molecule has 0 bridgehead atoms. The third-order valence-electron chi connectivity index (χ3n) is 2.91. The van der Waals surface area contributed by atoms with Crippen molar-refractivity contribution >= 4 is 33.3 Å². The normalized spacial score (nSPS) is 16.2. The van der Waals surface area contributed by atoms with Gasteiger partial charge in [-0.05, 0) is 40.8 Å². The first-order valence-corrected chi connectivity index (χ1v) is 6.36. The average molecular weight is 290 g/mol. The van der Waals surface area contributed by atoms with E-state index in [2.05, 4.69) is 32.9 Å². The van der Waals surface area contributed by atoms with Crippen LogP contribution in [0.5, 0.6) is 0 Å². The lowest BCUT2D eigenvalue weighted by Gasteiger charge is -2.31. The van der Waals surface area contributed by atoms with Crippen LogP contribution in [-0.2, 0) is 0 Å². The number of hydrogen-bond acceptors (Lipinski definition) is 2. The highest BCUT2D eigenvalue weighted by Crippen LogP contribution is 2.30. The summed E-state index contributed by atoms with van der Waals surface area (Å²) in [6.45, 7) is 1.09. The van der Waals surface area contributed by atoms with Crippen molar-refractivity contribution in [3.63, 3.8) is 0 Å². The predicted octanol–water partition coefficient (Wildman–Crippen LogP) is 3.73. The van der Waals surface area contributed by atoms with Crippen LogP contribution >= 0.6 is 27.5 Å². The van der Waals surface area contributed by atoms with Crippen LogP contribution in [0.4, 0.5) is 5.82 Å². The first kappa shape index (κ1) is 11.2. The van der Waals surface area contributed by atoms with E-state index in [0.29, 0.717) is 5.02 Å². The number of hydrogen-bond donors (Lipinski definition) is 0. The zero-order valence-corrected chi connectivity index (χ0v) is 11.1. The van der Waals surface area contributed by atoms with E-state index in [-0.39, 0.29) is 0 Å². The van der Waals surface area contributed by atoms with E-state index >= 15 is 0 Å². The number of halogens is 2. The maximum atomic E-state index is 5.85. The van der Waals surface area contributed by atoms with E-state index in [1.165, 1.54) is 19.3 Å². The Morgan fingerprint density at radius 2 is 2.33 bits per heavy atom. The highest BCUT2D eigenvalue weighted by Gasteiger charge is 2.20. The van der Waals surface area contributed by atoms with Gasteiger partial charge in [-0.2, -0.15) is 0 Å². The van der Waals surface area contributed by atoms with Crippen LogP contribution in [0.25, 0.3) is 0 Å². The Morgan fingerprint density at radius 1 is 1.60 bits per heavy atom. The van der Waals surface area contributed by atoms with Gasteiger partial charge in [0.15, 0.2) is 0 Å². The summed E-state index contributed by atoms with van der Waals surface area (Å²) in [6, 6.07) is 1.89. The highest BCUT2D eigenvalue weighted by atomic mass is 79.9. The maximum absolute atomic E-state index is 5.85. The molecule has 0 atom stereocenters. The van der Waals surface area contributed by atoms with Gasteiger partial charge in [0.1, 0.15) is 5.82 Å². The minimum atomic E-state index is 0.669. The quantitative estimate of drug-likeness (QED) is 0.843. The van der Waals surface area contributed by atoms with Gasteiger partial charge in [0.05, 0.1) is 9.50 Å². The lowest BCUT2D eigenvalue weighted by atomic mass is 9.85. The van der Waals surface area contributed by atoms with Crippen molar-refractivity contribution in [2.45, 2.75) is 19.3 Å². The smallest absolute Gasteiger partial charge is 0.142 e. The van der Waals surface area contributed by atoms with Crippen LogP contribution in [0, 0.1) is 5.92 Å². The first-order chi connectivity index (χ1) is 7.16. The van der Waals surface area contributed by atoms with Gasteiger partial charge in [-0.25, -0.2) is 4.98 Å². The molecule has 1 aliphatic rings. The van der Waals surface area contributed by atoms with E-state index in [0.717, 1.165) is 22.8 Å². The molecule has 0 spiro atoms. The summed E-state index contributed by atoms with van der Waals surface area (Å²) < 4.78 is 0.969. The second-order valence-corrected chi connectivity index (χ2v) is 5.43. The molecule has 0 saturated heterocycles. The molecule has 1 heterocycles. The maximum Gasteiger partial charge on any atom is 0.142 e. The van der Waals surface area contributed by atoms with E-state index in [1.807, 2.05) is 6.07 Å². The fraction of sp³-hybridized carbons (Fsp3) is 0.545. The topological polar surface area (TPSA) is 16.1 Å². The number of aromatic nitrogens is 1. The molecule has 4 heteroatoms. The molecule has 1 saturated carbocycles. The van der Waals surface area contributed by atoms with Crippen molar-refractivity contribution in [2.24, 2.45) is 5.92 Å². The second kappa shape index (κ2) is 4.71. The monoisotopic (exact) mass is 288 g/mol. The van der Waals surface area contributed by atoms with Crippen LogP contribution in [0.1, 0.15) is 19.3 Å². The van der Waals surface area contributed by atoms with Crippen molar-refractivity contribution in [1.82, 2.24) is 4.98 Å². The molecule has 2 rings (SSSR count). The number of anilines is 1. The molecule has 0 N–H and O–H groups in total. The predicted molar refractivity (Wildman–Crippen MR) is 67.6 cm³/mol. The standard InChI is InChI=1S/C11H14BrClN2/c1-15(7-8-3-2-4-8)11-10(12)5-9(13)6-14-11/h5-6,8H,2-4,7H2,1H3. The van der Waals surface area contributed by atoms with Gasteiger partial charge in [0.2, 0.25) is 0 Å². The van der Waals surface area contributed by atoms with Crippen LogP contribution < -0.4 is 4.90 Å². The van der Waals surface area contributed by atoms with E-state index in [9.17, 15) is 0 Å². The minimum Gasteiger partial charge on any atom is -0.358 e. The summed E-state index contributed by atoms with van der Waals surface area (Å²) in [6.07, 6.45) is 5.79. The lowest BCUT2D eigenvalue weighted by Crippen LogP contribution is -2.30. The van der Waals surface area contributed by atoms with Gasteiger partial charge in [-0.1, -0.05) is 18.0 Å². The Balaban J connectivity index is 2.06. The molecule has 0 radical (unpaired) electrons. The third kappa shape index (κ3) is 2.64. The van der Waals surface area contributed by atoms with E-state index in [1.54, 1.807) is 6.20 Å². The molecule has 1 aliphatic carbocycles. The molecule has 1 fully saturated rings. The summed E-state index contributed by atoms with van der Waals surface area (Å²) in [4.78, 5) is 6.53. The summed E-state index contributed by atoms with van der Waals surface area (Å²) >= 11 is 9.34. The Kier molecular flexibility index (Phi) is 3.52. The van der Waals surface area contributed by atoms with Crippen LogP contribution in [-0.4, -0.2) is 18.6 Å². The van der Waals surface area contributed by atoms with Crippen LogP contribution in [0.2, 0.25) is 5.02 Å². The van der Waals surface area contributed by atoms with Crippen molar-refractivity contribution in [2.75, 3.05) is 18.5 Å². The molecule has 1 aromatic rings. The number of rotatable bonds is 3. The van der Waals surface area contributed by atoms with Gasteiger partial charge in [-0.15, -0.1) is 0 Å². The summed E-state index contributed by atoms with van der Waals surface area (Å²) in [5.74, 6) is 1.82. The Bertz CT molecular complexity index is 352. The highest BCUT2D eigenvalue weighted by molar-refractivity contribution is 9.10. The largest absolute Gasteiger partial charge is 0.358 e. The van der Waals surface area contributed by atoms with Gasteiger partial charge < -0.3 is 4.90 Å². The van der Waals surface area contributed by atoms with Gasteiger partial charge in [-0.3, -0.25) is 0 Å². The number of nitrogens with zero attached hydrogens (tertiary/aromatic N) is 2. The molecule has 0 aromatic carbocycles. The molecule has 0 amide bonds. The van der Waals surface area contributed by atoms with E-state index < -0.39 is 0 Å². The second-order valence-electron chi connectivity index (χ2n) is 4.14. The summed E-state index contributed by atoms with van der Waals surface area (Å²) in [5, 5.41) is 0.669. The first-order valence-electron chi connectivity index (χ1n) is 5.19. The fourth-order valence-electron chi connectivity index (χ4n) is 1.84. The van der Waals surface area contributed by atoms with Gasteiger partial charge in [0, 0.05) is 19.8 Å². The zero-order valence-electron chi connectivity index (χ0n) is 8.71. The van der Waals surface area contributed by atoms with Crippen molar-refractivity contribution in [3.8, 4) is 0 Å². The number of pyridine rings is 1. The van der Waals surface area contributed by atoms with Gasteiger partial charge in [0.25, 0.3) is 0 Å².